The Kier molecular flexibility index (Phi) is 6.79. The fraction of sp³-hybridized carbons (Fsp3) is 0.200. The lowest BCUT2D eigenvalue weighted by Crippen LogP contribution is -2.35. The Balaban J connectivity index is 1.59. The van der Waals surface area contributed by atoms with Crippen molar-refractivity contribution in [3.8, 4) is 23.0 Å². The van der Waals surface area contributed by atoms with Crippen molar-refractivity contribution in [3.63, 3.8) is 0 Å². The van der Waals surface area contributed by atoms with Gasteiger partial charge >= 0.3 is 5.63 Å². The van der Waals surface area contributed by atoms with E-state index in [1.54, 1.807) is 67.8 Å². The second-order valence-electron chi connectivity index (χ2n) is 9.02. The second-order valence-corrected chi connectivity index (χ2v) is 9.02. The van der Waals surface area contributed by atoms with Gasteiger partial charge in [0.15, 0.2) is 17.6 Å². The van der Waals surface area contributed by atoms with E-state index in [1.165, 1.54) is 7.11 Å². The molecule has 1 amide bonds. The fourth-order valence-corrected chi connectivity index (χ4v) is 4.51. The monoisotopic (exact) mass is 513 g/mol. The first-order valence-electron chi connectivity index (χ1n) is 12.0. The molecule has 0 saturated carbocycles. The van der Waals surface area contributed by atoms with Gasteiger partial charge in [-0.1, -0.05) is 24.8 Å². The normalized spacial score (nSPS) is 15.9. The van der Waals surface area contributed by atoms with Crippen molar-refractivity contribution < 1.29 is 28.2 Å². The van der Waals surface area contributed by atoms with Gasteiger partial charge in [-0.15, -0.1) is 0 Å². The first-order chi connectivity index (χ1) is 18.4. The lowest BCUT2D eigenvalue weighted by molar-refractivity contribution is -0.122. The highest BCUT2D eigenvalue weighted by molar-refractivity contribution is 5.97. The van der Waals surface area contributed by atoms with Crippen LogP contribution in [0.25, 0.3) is 11.0 Å². The SMILES string of the molecule is C=C(C)COc1ccc([C@H]2c3c(c4ccccc4oc3=O)O[C@@H]2C(=O)Nc2ccc(OC)cc2)cc1OC. The summed E-state index contributed by atoms with van der Waals surface area (Å²) in [6, 6.07) is 19.3. The smallest absolute Gasteiger partial charge is 0.344 e. The number of carbonyl (C=O) groups is 1. The number of para-hydroxylation sites is 1. The zero-order valence-corrected chi connectivity index (χ0v) is 21.3. The molecule has 0 bridgehead atoms. The van der Waals surface area contributed by atoms with Gasteiger partial charge in [0.05, 0.1) is 31.1 Å². The number of benzene rings is 3. The lowest BCUT2D eigenvalue weighted by Gasteiger charge is -2.20. The van der Waals surface area contributed by atoms with Crippen LogP contribution >= 0.6 is 0 Å². The van der Waals surface area contributed by atoms with Crippen LogP contribution in [0.5, 0.6) is 23.0 Å². The Hall–Kier alpha value is -4.72. The first-order valence-corrected chi connectivity index (χ1v) is 12.0. The third kappa shape index (κ3) is 4.68. The Bertz CT molecular complexity index is 1570. The Morgan fingerprint density at radius 2 is 1.76 bits per heavy atom. The number of nitrogens with one attached hydrogen (secondary N) is 1. The molecule has 3 aromatic carbocycles. The van der Waals surface area contributed by atoms with Crippen LogP contribution in [0.3, 0.4) is 0 Å². The number of hydrogen-bond acceptors (Lipinski definition) is 7. The summed E-state index contributed by atoms with van der Waals surface area (Å²) in [7, 11) is 3.10. The molecular formula is C30H27NO7. The first kappa shape index (κ1) is 25.0. The van der Waals surface area contributed by atoms with E-state index in [1.807, 2.05) is 13.0 Å². The minimum Gasteiger partial charge on any atom is -0.497 e. The molecular weight excluding hydrogens is 486 g/mol. The molecule has 0 aliphatic carbocycles. The van der Waals surface area contributed by atoms with Crippen molar-refractivity contribution in [3.05, 3.63) is 100 Å². The summed E-state index contributed by atoms with van der Waals surface area (Å²) in [6.45, 7) is 6.05. The summed E-state index contributed by atoms with van der Waals surface area (Å²) < 4.78 is 28.4. The van der Waals surface area contributed by atoms with Crippen molar-refractivity contribution in [2.75, 3.05) is 26.1 Å². The highest BCUT2D eigenvalue weighted by atomic mass is 16.5. The Labute approximate surface area is 219 Å². The lowest BCUT2D eigenvalue weighted by atomic mass is 9.88. The molecule has 5 rings (SSSR count). The molecule has 4 aromatic rings. The second kappa shape index (κ2) is 10.3. The van der Waals surface area contributed by atoms with Gasteiger partial charge in [-0.3, -0.25) is 4.79 Å². The van der Waals surface area contributed by atoms with Crippen molar-refractivity contribution in [1.29, 1.82) is 0 Å². The maximum absolute atomic E-state index is 13.6. The van der Waals surface area contributed by atoms with Gasteiger partial charge in [-0.25, -0.2) is 4.79 Å². The van der Waals surface area contributed by atoms with Crippen LogP contribution in [-0.2, 0) is 4.79 Å². The maximum atomic E-state index is 13.6. The third-order valence-electron chi connectivity index (χ3n) is 6.29. The Morgan fingerprint density at radius 3 is 2.47 bits per heavy atom. The van der Waals surface area contributed by atoms with Crippen LogP contribution in [0.2, 0.25) is 0 Å². The van der Waals surface area contributed by atoms with Gasteiger partial charge in [0.1, 0.15) is 23.7 Å². The molecule has 0 fully saturated rings. The van der Waals surface area contributed by atoms with Crippen LogP contribution in [0, 0.1) is 0 Å². The molecule has 2 heterocycles. The van der Waals surface area contributed by atoms with E-state index in [9.17, 15) is 9.59 Å². The number of amides is 1. The Morgan fingerprint density at radius 1 is 1.00 bits per heavy atom. The summed E-state index contributed by atoms with van der Waals surface area (Å²) in [4.78, 5) is 26.8. The van der Waals surface area contributed by atoms with Crippen molar-refractivity contribution in [2.24, 2.45) is 0 Å². The topological polar surface area (TPSA) is 96.2 Å². The number of anilines is 1. The van der Waals surface area contributed by atoms with E-state index >= 15 is 0 Å². The molecule has 0 saturated heterocycles. The standard InChI is InChI=1S/C30H27NO7/c1-17(2)16-36-23-14-9-18(15-24(23)35-4)25-26-27(21-7-5-6-8-22(21)37-30(26)33)38-28(25)29(32)31-19-10-12-20(34-3)13-11-19/h5-15,25,28H,1,16H2,2-4H3,(H,31,32)/t25-,28-/m0/s1. The number of ether oxygens (including phenoxy) is 4. The van der Waals surface area contributed by atoms with E-state index in [4.69, 9.17) is 23.4 Å². The van der Waals surface area contributed by atoms with Gasteiger partial charge in [0, 0.05) is 5.69 Å². The summed E-state index contributed by atoms with van der Waals surface area (Å²) in [5.74, 6) is 0.795. The predicted molar refractivity (Wildman–Crippen MR) is 144 cm³/mol. The summed E-state index contributed by atoms with van der Waals surface area (Å²) >= 11 is 0. The molecule has 2 atom stereocenters. The quantitative estimate of drug-likeness (QED) is 0.252. The molecule has 0 radical (unpaired) electrons. The summed E-state index contributed by atoms with van der Waals surface area (Å²) in [5.41, 5.74) is 2.15. The number of hydrogen-bond donors (Lipinski definition) is 1. The van der Waals surface area contributed by atoms with Gasteiger partial charge in [0.25, 0.3) is 5.91 Å². The van der Waals surface area contributed by atoms with Gasteiger partial charge < -0.3 is 28.7 Å². The average molecular weight is 514 g/mol. The maximum Gasteiger partial charge on any atom is 0.344 e. The van der Waals surface area contributed by atoms with Crippen LogP contribution in [0.15, 0.2) is 88.1 Å². The minimum absolute atomic E-state index is 0.274. The van der Waals surface area contributed by atoms with Crippen molar-refractivity contribution >= 4 is 22.6 Å². The van der Waals surface area contributed by atoms with Gasteiger partial charge in [0.2, 0.25) is 0 Å². The molecule has 8 heteroatoms. The number of fused-ring (bicyclic) bond motifs is 3. The van der Waals surface area contributed by atoms with Crippen LogP contribution in [0.4, 0.5) is 5.69 Å². The molecule has 0 unspecified atom stereocenters. The number of carbonyl (C=O) groups excluding carboxylic acids is 1. The largest absolute Gasteiger partial charge is 0.497 e. The van der Waals surface area contributed by atoms with Crippen LogP contribution in [-0.4, -0.2) is 32.8 Å². The number of rotatable bonds is 8. The van der Waals surface area contributed by atoms with E-state index < -0.39 is 23.6 Å². The average Bonchev–Trinajstić information content (AvgIpc) is 3.34. The van der Waals surface area contributed by atoms with E-state index in [-0.39, 0.29) is 5.56 Å². The molecule has 1 aliphatic rings. The predicted octanol–water partition coefficient (Wildman–Crippen LogP) is 5.30. The van der Waals surface area contributed by atoms with Gasteiger partial charge in [-0.05, 0) is 66.6 Å². The third-order valence-corrected chi connectivity index (χ3v) is 6.29. The van der Waals surface area contributed by atoms with E-state index in [0.29, 0.717) is 51.8 Å². The molecule has 0 spiro atoms. The van der Waals surface area contributed by atoms with Crippen LogP contribution < -0.4 is 29.9 Å². The zero-order valence-electron chi connectivity index (χ0n) is 21.3. The zero-order chi connectivity index (χ0) is 26.8. The van der Waals surface area contributed by atoms with Crippen molar-refractivity contribution in [2.45, 2.75) is 18.9 Å². The van der Waals surface area contributed by atoms with Gasteiger partial charge in [-0.2, -0.15) is 0 Å². The van der Waals surface area contributed by atoms with Crippen LogP contribution in [0.1, 0.15) is 24.0 Å². The summed E-state index contributed by atoms with van der Waals surface area (Å²) in [5, 5.41) is 3.50. The molecule has 8 nitrogen and oxygen atoms in total. The molecule has 38 heavy (non-hydrogen) atoms. The highest BCUT2D eigenvalue weighted by Crippen LogP contribution is 2.46. The molecule has 1 N–H and O–H groups in total. The summed E-state index contributed by atoms with van der Waals surface area (Å²) in [6.07, 6.45) is -1.05. The molecule has 1 aliphatic heterocycles. The number of methoxy groups -OCH3 is 2. The molecule has 194 valence electrons. The van der Waals surface area contributed by atoms with E-state index in [2.05, 4.69) is 11.9 Å². The minimum atomic E-state index is -1.05. The fourth-order valence-electron chi connectivity index (χ4n) is 4.51. The van der Waals surface area contributed by atoms with Crippen molar-refractivity contribution in [1.82, 2.24) is 0 Å². The highest BCUT2D eigenvalue weighted by Gasteiger charge is 2.44. The van der Waals surface area contributed by atoms with E-state index in [0.717, 1.165) is 5.57 Å². The molecule has 1 aromatic heterocycles.